The minimum absolute atomic E-state index is 0.0504. The Kier molecular flexibility index (Phi) is 4.37. The van der Waals surface area contributed by atoms with Crippen molar-refractivity contribution in [3.05, 3.63) is 65.2 Å². The van der Waals surface area contributed by atoms with Crippen LogP contribution in [-0.4, -0.2) is 18.6 Å². The maximum atomic E-state index is 12.4. The van der Waals surface area contributed by atoms with Crippen LogP contribution in [0.3, 0.4) is 0 Å². The van der Waals surface area contributed by atoms with Crippen LogP contribution in [0.25, 0.3) is 0 Å². The van der Waals surface area contributed by atoms with E-state index in [0.717, 1.165) is 30.6 Å². The third-order valence-corrected chi connectivity index (χ3v) is 4.59. The first kappa shape index (κ1) is 15.6. The molecule has 0 spiro atoms. The first-order chi connectivity index (χ1) is 11.1. The number of amides is 1. The maximum Gasteiger partial charge on any atom is 0.225 e. The summed E-state index contributed by atoms with van der Waals surface area (Å²) in [6.07, 6.45) is 3.38. The fraction of sp³-hybridized carbons (Fsp3) is 0.350. The quantitative estimate of drug-likeness (QED) is 0.887. The van der Waals surface area contributed by atoms with Crippen molar-refractivity contribution >= 4 is 5.91 Å². The van der Waals surface area contributed by atoms with Gasteiger partial charge in [-0.05, 0) is 43.4 Å². The Hall–Kier alpha value is -2.29. The van der Waals surface area contributed by atoms with Crippen LogP contribution < -0.4 is 10.1 Å². The highest BCUT2D eigenvalue weighted by atomic mass is 16.5. The predicted molar refractivity (Wildman–Crippen MR) is 91.7 cm³/mol. The largest absolute Gasteiger partial charge is 0.496 e. The highest BCUT2D eigenvalue weighted by molar-refractivity contribution is 5.80. The summed E-state index contributed by atoms with van der Waals surface area (Å²) in [7, 11) is 1.64. The fourth-order valence-corrected chi connectivity index (χ4v) is 3.03. The molecule has 0 aliphatic heterocycles. The second kappa shape index (κ2) is 6.45. The van der Waals surface area contributed by atoms with Crippen LogP contribution in [0.15, 0.2) is 48.5 Å². The van der Waals surface area contributed by atoms with Crippen LogP contribution in [-0.2, 0) is 17.6 Å². The monoisotopic (exact) mass is 309 g/mol. The van der Waals surface area contributed by atoms with Gasteiger partial charge in [0.1, 0.15) is 5.75 Å². The molecule has 120 valence electrons. The third kappa shape index (κ3) is 3.73. The molecule has 1 N–H and O–H groups in total. The molecule has 0 bridgehead atoms. The van der Waals surface area contributed by atoms with E-state index in [1.807, 2.05) is 24.3 Å². The van der Waals surface area contributed by atoms with Crippen molar-refractivity contribution in [1.29, 1.82) is 0 Å². The fourth-order valence-electron chi connectivity index (χ4n) is 3.03. The number of hydrogen-bond acceptors (Lipinski definition) is 2. The van der Waals surface area contributed by atoms with Gasteiger partial charge in [-0.3, -0.25) is 4.79 Å². The van der Waals surface area contributed by atoms with Gasteiger partial charge >= 0.3 is 0 Å². The number of benzene rings is 2. The Bertz CT molecular complexity index is 704. The molecule has 3 heteroatoms. The number of carbonyl (C=O) groups is 1. The second-order valence-corrected chi connectivity index (χ2v) is 6.42. The van der Waals surface area contributed by atoms with Crippen molar-refractivity contribution in [1.82, 2.24) is 5.32 Å². The molecule has 0 radical (unpaired) electrons. The number of ether oxygens (including phenoxy) is 1. The smallest absolute Gasteiger partial charge is 0.225 e. The van der Waals surface area contributed by atoms with Gasteiger partial charge in [0.15, 0.2) is 0 Å². The lowest BCUT2D eigenvalue weighted by Gasteiger charge is -2.19. The van der Waals surface area contributed by atoms with Crippen molar-refractivity contribution in [2.24, 2.45) is 0 Å². The lowest BCUT2D eigenvalue weighted by atomic mass is 9.99. The molecule has 1 aliphatic rings. The molecule has 2 aromatic carbocycles. The number of nitrogens with one attached hydrogen (secondary N) is 1. The Morgan fingerprint density at radius 1 is 1.09 bits per heavy atom. The molecule has 3 rings (SSSR count). The molecule has 1 amide bonds. The standard InChI is InChI=1S/C20H23NO2/c1-15-7-3-4-9-17(15)14-20(11-12-20)21-19(22)13-16-8-5-6-10-18(16)23-2/h3-10H,11-14H2,1-2H3,(H,21,22). The lowest BCUT2D eigenvalue weighted by molar-refractivity contribution is -0.121. The van der Waals surface area contributed by atoms with E-state index in [4.69, 9.17) is 4.74 Å². The molecule has 1 saturated carbocycles. The van der Waals surface area contributed by atoms with Crippen LogP contribution in [0.5, 0.6) is 5.75 Å². The molecule has 0 saturated heterocycles. The number of para-hydroxylation sites is 1. The number of methoxy groups -OCH3 is 1. The van der Waals surface area contributed by atoms with Gasteiger partial charge < -0.3 is 10.1 Å². The maximum absolute atomic E-state index is 12.4. The zero-order valence-corrected chi connectivity index (χ0v) is 13.8. The zero-order valence-electron chi connectivity index (χ0n) is 13.8. The van der Waals surface area contributed by atoms with E-state index in [0.29, 0.717) is 6.42 Å². The molecule has 1 fully saturated rings. The van der Waals surface area contributed by atoms with E-state index in [1.54, 1.807) is 7.11 Å². The van der Waals surface area contributed by atoms with Crippen molar-refractivity contribution in [2.75, 3.05) is 7.11 Å². The summed E-state index contributed by atoms with van der Waals surface area (Å²) in [5.41, 5.74) is 3.49. The van der Waals surface area contributed by atoms with Gasteiger partial charge in [-0.2, -0.15) is 0 Å². The molecule has 23 heavy (non-hydrogen) atoms. The highest BCUT2D eigenvalue weighted by Gasteiger charge is 2.44. The van der Waals surface area contributed by atoms with Gasteiger partial charge in [0.05, 0.1) is 13.5 Å². The van der Waals surface area contributed by atoms with Crippen molar-refractivity contribution in [3.63, 3.8) is 0 Å². The average molecular weight is 309 g/mol. The number of rotatable bonds is 6. The van der Waals surface area contributed by atoms with Gasteiger partial charge in [-0.15, -0.1) is 0 Å². The molecule has 0 unspecified atom stereocenters. The summed E-state index contributed by atoms with van der Waals surface area (Å²) in [5.74, 6) is 0.840. The normalized spacial score (nSPS) is 15.0. The van der Waals surface area contributed by atoms with E-state index >= 15 is 0 Å². The van der Waals surface area contributed by atoms with Crippen LogP contribution >= 0.6 is 0 Å². The van der Waals surface area contributed by atoms with E-state index in [1.165, 1.54) is 11.1 Å². The van der Waals surface area contributed by atoms with Gasteiger partial charge in [0.2, 0.25) is 5.91 Å². The van der Waals surface area contributed by atoms with Crippen LogP contribution in [0, 0.1) is 6.92 Å². The van der Waals surface area contributed by atoms with Gasteiger partial charge in [-0.25, -0.2) is 0 Å². The zero-order chi connectivity index (χ0) is 16.3. The van der Waals surface area contributed by atoms with E-state index in [2.05, 4.69) is 36.5 Å². The molecule has 3 nitrogen and oxygen atoms in total. The Morgan fingerprint density at radius 3 is 2.39 bits per heavy atom. The molecular weight excluding hydrogens is 286 g/mol. The third-order valence-electron chi connectivity index (χ3n) is 4.59. The van der Waals surface area contributed by atoms with Crippen LogP contribution in [0.4, 0.5) is 0 Å². The molecule has 0 heterocycles. The lowest BCUT2D eigenvalue weighted by Crippen LogP contribution is -2.39. The van der Waals surface area contributed by atoms with Gasteiger partial charge in [0.25, 0.3) is 0 Å². The van der Waals surface area contributed by atoms with Crippen molar-refractivity contribution < 1.29 is 9.53 Å². The van der Waals surface area contributed by atoms with E-state index in [9.17, 15) is 4.79 Å². The van der Waals surface area contributed by atoms with Crippen LogP contribution in [0.1, 0.15) is 29.5 Å². The molecule has 2 aromatic rings. The Labute approximate surface area is 137 Å². The van der Waals surface area contributed by atoms with Crippen LogP contribution in [0.2, 0.25) is 0 Å². The predicted octanol–water partition coefficient (Wildman–Crippen LogP) is 3.44. The Balaban J connectivity index is 1.65. The Morgan fingerprint density at radius 2 is 1.74 bits per heavy atom. The summed E-state index contributed by atoms with van der Waals surface area (Å²) in [5, 5.41) is 3.25. The number of hydrogen-bond donors (Lipinski definition) is 1. The SMILES string of the molecule is COc1ccccc1CC(=O)NC1(Cc2ccccc2C)CC1. The summed E-state index contributed by atoms with van der Waals surface area (Å²) >= 11 is 0. The molecular formula is C20H23NO2. The first-order valence-electron chi connectivity index (χ1n) is 8.09. The number of carbonyl (C=O) groups excluding carboxylic acids is 1. The number of aryl methyl sites for hydroxylation is 1. The topological polar surface area (TPSA) is 38.3 Å². The average Bonchev–Trinajstić information content (AvgIpc) is 3.29. The van der Waals surface area contributed by atoms with Gasteiger partial charge in [0, 0.05) is 11.1 Å². The van der Waals surface area contributed by atoms with Gasteiger partial charge in [-0.1, -0.05) is 42.5 Å². The summed E-state index contributed by atoms with van der Waals surface area (Å²) in [6, 6.07) is 16.1. The van der Waals surface area contributed by atoms with Crippen molar-refractivity contribution in [2.45, 2.75) is 38.1 Å². The van der Waals surface area contributed by atoms with E-state index in [-0.39, 0.29) is 11.4 Å². The minimum Gasteiger partial charge on any atom is -0.496 e. The second-order valence-electron chi connectivity index (χ2n) is 6.42. The minimum atomic E-state index is -0.0504. The molecule has 0 atom stereocenters. The summed E-state index contributed by atoms with van der Waals surface area (Å²) in [6.45, 7) is 2.13. The summed E-state index contributed by atoms with van der Waals surface area (Å²) < 4.78 is 5.32. The van der Waals surface area contributed by atoms with Crippen molar-refractivity contribution in [3.8, 4) is 5.75 Å². The molecule has 1 aliphatic carbocycles. The molecule has 0 aromatic heterocycles. The van der Waals surface area contributed by atoms with E-state index < -0.39 is 0 Å². The summed E-state index contributed by atoms with van der Waals surface area (Å²) in [4.78, 5) is 12.4. The first-order valence-corrected chi connectivity index (χ1v) is 8.09. The highest BCUT2D eigenvalue weighted by Crippen LogP contribution is 2.39.